The Kier molecular flexibility index (Phi) is 5.56. The fourth-order valence-corrected chi connectivity index (χ4v) is 3.52. The summed E-state index contributed by atoms with van der Waals surface area (Å²) in [7, 11) is 0. The monoisotopic (exact) mass is 385 g/mol. The van der Waals surface area contributed by atoms with Crippen molar-refractivity contribution in [2.24, 2.45) is 0 Å². The van der Waals surface area contributed by atoms with Gasteiger partial charge in [-0.3, -0.25) is 9.69 Å². The molecule has 3 aromatic carbocycles. The van der Waals surface area contributed by atoms with E-state index in [0.29, 0.717) is 19.6 Å². The molecule has 5 nitrogen and oxygen atoms in total. The van der Waals surface area contributed by atoms with Gasteiger partial charge in [-0.05, 0) is 29.8 Å². The number of benzene rings is 3. The highest BCUT2D eigenvalue weighted by Crippen LogP contribution is 2.21. The number of amides is 3. The summed E-state index contributed by atoms with van der Waals surface area (Å²) in [6.45, 7) is 1.64. The molecule has 3 amide bonds. The van der Waals surface area contributed by atoms with E-state index in [1.807, 2.05) is 91.0 Å². The van der Waals surface area contributed by atoms with Crippen molar-refractivity contribution in [3.05, 3.63) is 96.6 Å². The molecule has 1 fully saturated rings. The third-order valence-corrected chi connectivity index (χ3v) is 5.04. The van der Waals surface area contributed by atoms with E-state index in [9.17, 15) is 9.59 Å². The molecule has 4 rings (SSSR count). The molecular weight excluding hydrogens is 362 g/mol. The topological polar surface area (TPSA) is 43.9 Å². The molecule has 0 bridgehead atoms. The first-order valence-corrected chi connectivity index (χ1v) is 9.73. The van der Waals surface area contributed by atoms with Gasteiger partial charge in [0, 0.05) is 24.5 Å². The van der Waals surface area contributed by atoms with Crippen LogP contribution in [-0.4, -0.2) is 36.5 Å². The normalized spacial score (nSPS) is 13.6. The van der Waals surface area contributed by atoms with Crippen LogP contribution in [0.25, 0.3) is 0 Å². The number of rotatable bonds is 6. The summed E-state index contributed by atoms with van der Waals surface area (Å²) in [5, 5.41) is 0. The predicted octanol–water partition coefficient (Wildman–Crippen LogP) is 4.16. The van der Waals surface area contributed by atoms with Crippen LogP contribution in [0, 0.1) is 0 Å². The summed E-state index contributed by atoms with van der Waals surface area (Å²) >= 11 is 0. The predicted molar refractivity (Wildman–Crippen MR) is 115 cm³/mol. The molecule has 0 N–H and O–H groups in total. The van der Waals surface area contributed by atoms with Gasteiger partial charge in [0.1, 0.15) is 6.54 Å². The van der Waals surface area contributed by atoms with E-state index < -0.39 is 0 Å². The van der Waals surface area contributed by atoms with Crippen LogP contribution in [0.3, 0.4) is 0 Å². The lowest BCUT2D eigenvalue weighted by Gasteiger charge is -2.26. The number of anilines is 2. The van der Waals surface area contributed by atoms with Crippen LogP contribution in [0.4, 0.5) is 16.2 Å². The Bertz CT molecular complexity index is 961. The third-order valence-electron chi connectivity index (χ3n) is 5.04. The zero-order chi connectivity index (χ0) is 20.1. The van der Waals surface area contributed by atoms with Crippen LogP contribution >= 0.6 is 0 Å². The van der Waals surface area contributed by atoms with Crippen LogP contribution in [0.1, 0.15) is 5.56 Å². The van der Waals surface area contributed by atoms with Crippen LogP contribution in [0.5, 0.6) is 0 Å². The van der Waals surface area contributed by atoms with Gasteiger partial charge in [0.2, 0.25) is 5.91 Å². The summed E-state index contributed by atoms with van der Waals surface area (Å²) < 4.78 is 0. The van der Waals surface area contributed by atoms with E-state index in [4.69, 9.17) is 0 Å². The average molecular weight is 385 g/mol. The lowest BCUT2D eigenvalue weighted by molar-refractivity contribution is -0.119. The fraction of sp³-hybridized carbons (Fsp3) is 0.167. The number of urea groups is 1. The fourth-order valence-electron chi connectivity index (χ4n) is 3.52. The first kappa shape index (κ1) is 18.7. The SMILES string of the molecule is O=C(CN1CCN(c2ccccc2)C1=O)N(Cc1ccccc1)c1ccccc1. The largest absolute Gasteiger partial charge is 0.325 e. The van der Waals surface area contributed by atoms with E-state index in [-0.39, 0.29) is 18.5 Å². The summed E-state index contributed by atoms with van der Waals surface area (Å²) in [5.41, 5.74) is 2.73. The maximum Gasteiger partial charge on any atom is 0.325 e. The van der Waals surface area contributed by atoms with Gasteiger partial charge >= 0.3 is 6.03 Å². The highest BCUT2D eigenvalue weighted by atomic mass is 16.2. The van der Waals surface area contributed by atoms with Gasteiger partial charge in [0.15, 0.2) is 0 Å². The second-order valence-electron chi connectivity index (χ2n) is 6.99. The first-order chi connectivity index (χ1) is 14.2. The van der Waals surface area contributed by atoms with E-state index >= 15 is 0 Å². The van der Waals surface area contributed by atoms with Gasteiger partial charge in [-0.1, -0.05) is 66.7 Å². The molecule has 29 heavy (non-hydrogen) atoms. The standard InChI is InChI=1S/C24H23N3O2/c28-23(19-25-16-17-26(24(25)29)21-12-6-2-7-13-21)27(22-14-8-3-9-15-22)18-20-10-4-1-5-11-20/h1-15H,16-19H2. The van der Waals surface area contributed by atoms with Gasteiger partial charge in [-0.2, -0.15) is 0 Å². The molecule has 1 saturated heterocycles. The molecule has 0 saturated carbocycles. The second kappa shape index (κ2) is 8.61. The first-order valence-electron chi connectivity index (χ1n) is 9.73. The number of hydrogen-bond acceptors (Lipinski definition) is 2. The van der Waals surface area contributed by atoms with Crippen molar-refractivity contribution in [3.63, 3.8) is 0 Å². The average Bonchev–Trinajstić information content (AvgIpc) is 3.14. The Morgan fingerprint density at radius 3 is 2.03 bits per heavy atom. The van der Waals surface area contributed by atoms with Gasteiger partial charge < -0.3 is 9.80 Å². The maximum absolute atomic E-state index is 13.2. The van der Waals surface area contributed by atoms with Crippen molar-refractivity contribution in [2.75, 3.05) is 29.4 Å². The lowest BCUT2D eigenvalue weighted by Crippen LogP contribution is -2.42. The van der Waals surface area contributed by atoms with Crippen molar-refractivity contribution in [2.45, 2.75) is 6.54 Å². The molecule has 1 aliphatic heterocycles. The molecule has 0 aliphatic carbocycles. The van der Waals surface area contributed by atoms with Crippen LogP contribution in [0.15, 0.2) is 91.0 Å². The van der Waals surface area contributed by atoms with E-state index in [0.717, 1.165) is 16.9 Å². The van der Waals surface area contributed by atoms with E-state index in [1.54, 1.807) is 14.7 Å². The number of hydrogen-bond donors (Lipinski definition) is 0. The molecule has 0 radical (unpaired) electrons. The number of carbonyl (C=O) groups is 2. The Hall–Kier alpha value is -3.60. The lowest BCUT2D eigenvalue weighted by atomic mass is 10.2. The minimum atomic E-state index is -0.128. The van der Waals surface area contributed by atoms with Gasteiger partial charge in [-0.25, -0.2) is 4.79 Å². The quantitative estimate of drug-likeness (QED) is 0.639. The Morgan fingerprint density at radius 1 is 0.793 bits per heavy atom. The maximum atomic E-state index is 13.2. The molecule has 146 valence electrons. The van der Waals surface area contributed by atoms with Gasteiger partial charge in [-0.15, -0.1) is 0 Å². The highest BCUT2D eigenvalue weighted by molar-refractivity contribution is 6.00. The zero-order valence-corrected chi connectivity index (χ0v) is 16.1. The Balaban J connectivity index is 1.50. The molecule has 0 aromatic heterocycles. The second-order valence-corrected chi connectivity index (χ2v) is 6.99. The van der Waals surface area contributed by atoms with Crippen molar-refractivity contribution in [1.29, 1.82) is 0 Å². The minimum absolute atomic E-state index is 0.0594. The summed E-state index contributed by atoms with van der Waals surface area (Å²) in [4.78, 5) is 31.1. The summed E-state index contributed by atoms with van der Waals surface area (Å²) in [6.07, 6.45) is 0. The number of para-hydroxylation sites is 2. The van der Waals surface area contributed by atoms with Crippen molar-refractivity contribution in [3.8, 4) is 0 Å². The molecule has 0 atom stereocenters. The van der Waals surface area contributed by atoms with Gasteiger partial charge in [0.05, 0.1) is 6.54 Å². The van der Waals surface area contributed by atoms with Gasteiger partial charge in [0.25, 0.3) is 0 Å². The highest BCUT2D eigenvalue weighted by Gasteiger charge is 2.32. The molecule has 1 aliphatic rings. The molecular formula is C24H23N3O2. The van der Waals surface area contributed by atoms with Crippen LogP contribution in [-0.2, 0) is 11.3 Å². The smallest absolute Gasteiger partial charge is 0.313 e. The van der Waals surface area contributed by atoms with E-state index in [1.165, 1.54) is 0 Å². The minimum Gasteiger partial charge on any atom is -0.313 e. The van der Waals surface area contributed by atoms with Crippen molar-refractivity contribution in [1.82, 2.24) is 4.90 Å². The molecule has 0 spiro atoms. The zero-order valence-electron chi connectivity index (χ0n) is 16.1. The summed E-state index contributed by atoms with van der Waals surface area (Å²) in [5.74, 6) is -0.0942. The summed E-state index contributed by atoms with van der Waals surface area (Å²) in [6, 6.07) is 28.9. The van der Waals surface area contributed by atoms with Crippen molar-refractivity contribution >= 4 is 23.3 Å². The number of carbonyl (C=O) groups excluding carboxylic acids is 2. The van der Waals surface area contributed by atoms with E-state index in [2.05, 4.69) is 0 Å². The Morgan fingerprint density at radius 2 is 1.38 bits per heavy atom. The van der Waals surface area contributed by atoms with Crippen LogP contribution < -0.4 is 9.80 Å². The van der Waals surface area contributed by atoms with Crippen molar-refractivity contribution < 1.29 is 9.59 Å². The Labute approximate surface area is 170 Å². The van der Waals surface area contributed by atoms with Crippen LogP contribution in [0.2, 0.25) is 0 Å². The third kappa shape index (κ3) is 4.29. The molecule has 5 heteroatoms. The molecule has 3 aromatic rings. The molecule has 1 heterocycles. The molecule has 0 unspecified atom stereocenters. The number of nitrogens with zero attached hydrogens (tertiary/aromatic N) is 3.